The Morgan fingerprint density at radius 3 is 2.66 bits per heavy atom. The van der Waals surface area contributed by atoms with E-state index in [1.54, 1.807) is 6.20 Å². The van der Waals surface area contributed by atoms with Gasteiger partial charge in [-0.05, 0) is 43.6 Å². The molecule has 4 aliphatic heterocycles. The SMILES string of the molecule is CCC1=C(C(C)C)N=C(N2CCC(COc3cnc(N4CC(N)C(N5CC(F)(F)CCC5=O)C4)nc3C)CC2)OC1. The third kappa shape index (κ3) is 6.57. The van der Waals surface area contributed by atoms with Gasteiger partial charge >= 0.3 is 0 Å². The van der Waals surface area contributed by atoms with Crippen LogP contribution in [0.3, 0.4) is 0 Å². The minimum Gasteiger partial charge on any atom is -0.490 e. The third-order valence-electron chi connectivity index (χ3n) is 8.65. The molecule has 41 heavy (non-hydrogen) atoms. The number of hydrogen-bond acceptors (Lipinski definition) is 9. The number of hydrogen-bond donors (Lipinski definition) is 1. The Balaban J connectivity index is 1.13. The van der Waals surface area contributed by atoms with Crippen LogP contribution in [0.4, 0.5) is 14.7 Å². The van der Waals surface area contributed by atoms with Gasteiger partial charge in [-0.1, -0.05) is 20.8 Å². The number of carbonyl (C=O) groups excluding carboxylic acids is 1. The van der Waals surface area contributed by atoms with Crippen molar-refractivity contribution in [2.24, 2.45) is 22.6 Å². The smallest absolute Gasteiger partial charge is 0.292 e. The monoisotopic (exact) mass is 575 g/mol. The molecule has 226 valence electrons. The van der Waals surface area contributed by atoms with Crippen molar-refractivity contribution < 1.29 is 23.0 Å². The molecular formula is C29H43F2N7O3. The third-order valence-corrected chi connectivity index (χ3v) is 8.65. The molecule has 12 heteroatoms. The van der Waals surface area contributed by atoms with Gasteiger partial charge in [0.25, 0.3) is 11.9 Å². The van der Waals surface area contributed by atoms with Crippen LogP contribution in [-0.4, -0.2) is 95.6 Å². The van der Waals surface area contributed by atoms with E-state index < -0.39 is 31.0 Å². The van der Waals surface area contributed by atoms with Crippen molar-refractivity contribution in [2.45, 2.75) is 77.8 Å². The average Bonchev–Trinajstić information content (AvgIpc) is 3.34. The number of aliphatic imine (C=N–C) groups is 1. The highest BCUT2D eigenvalue weighted by Crippen LogP contribution is 2.32. The van der Waals surface area contributed by atoms with E-state index in [1.165, 1.54) is 10.5 Å². The molecule has 5 rings (SSSR count). The van der Waals surface area contributed by atoms with E-state index in [-0.39, 0.29) is 12.3 Å². The highest BCUT2D eigenvalue weighted by molar-refractivity contribution is 5.78. The van der Waals surface area contributed by atoms with Gasteiger partial charge in [0.05, 0.1) is 36.8 Å². The summed E-state index contributed by atoms with van der Waals surface area (Å²) in [5.41, 5.74) is 9.44. The lowest BCUT2D eigenvalue weighted by Gasteiger charge is -2.37. The minimum absolute atomic E-state index is 0.157. The minimum atomic E-state index is -2.88. The summed E-state index contributed by atoms with van der Waals surface area (Å²) in [6, 6.07) is -0.205. The van der Waals surface area contributed by atoms with Gasteiger partial charge in [0.1, 0.15) is 6.61 Å². The van der Waals surface area contributed by atoms with Gasteiger partial charge in [0, 0.05) is 45.1 Å². The summed E-state index contributed by atoms with van der Waals surface area (Å²) in [7, 11) is 0. The Kier molecular flexibility index (Phi) is 8.68. The number of alkyl halides is 2. The number of aromatic nitrogens is 2. The van der Waals surface area contributed by atoms with Crippen molar-refractivity contribution in [3.8, 4) is 5.75 Å². The number of carbonyl (C=O) groups is 1. The molecule has 2 N–H and O–H groups in total. The second kappa shape index (κ2) is 12.1. The van der Waals surface area contributed by atoms with E-state index in [9.17, 15) is 13.6 Å². The molecule has 2 atom stereocenters. The van der Waals surface area contributed by atoms with Crippen LogP contribution in [0.1, 0.15) is 58.6 Å². The molecule has 0 radical (unpaired) electrons. The predicted molar refractivity (Wildman–Crippen MR) is 152 cm³/mol. The Bertz CT molecular complexity index is 1180. The van der Waals surface area contributed by atoms with E-state index in [4.69, 9.17) is 20.2 Å². The zero-order valence-corrected chi connectivity index (χ0v) is 24.6. The van der Waals surface area contributed by atoms with Crippen LogP contribution in [0.5, 0.6) is 5.75 Å². The van der Waals surface area contributed by atoms with Crippen LogP contribution in [0.2, 0.25) is 0 Å². The van der Waals surface area contributed by atoms with Crippen LogP contribution < -0.4 is 15.4 Å². The first-order chi connectivity index (χ1) is 19.5. The van der Waals surface area contributed by atoms with Gasteiger partial charge in [-0.25, -0.2) is 23.7 Å². The van der Waals surface area contributed by atoms with Crippen molar-refractivity contribution in [1.82, 2.24) is 19.8 Å². The molecule has 4 aliphatic rings. The molecule has 1 amide bonds. The Hall–Kier alpha value is -3.02. The summed E-state index contributed by atoms with van der Waals surface area (Å²) in [5.74, 6) is -1.28. The van der Waals surface area contributed by atoms with Gasteiger partial charge in [0.15, 0.2) is 5.75 Å². The maximum Gasteiger partial charge on any atom is 0.292 e. The number of amidine groups is 1. The summed E-state index contributed by atoms with van der Waals surface area (Å²) in [6.45, 7) is 11.4. The Labute approximate surface area is 241 Å². The zero-order valence-electron chi connectivity index (χ0n) is 24.6. The van der Waals surface area contributed by atoms with E-state index in [0.717, 1.165) is 44.1 Å². The van der Waals surface area contributed by atoms with Gasteiger partial charge in [-0.2, -0.15) is 0 Å². The summed E-state index contributed by atoms with van der Waals surface area (Å²) in [6.07, 6.45) is 4.02. The first kappa shape index (κ1) is 29.5. The number of ether oxygens (including phenoxy) is 2. The first-order valence-electron chi connectivity index (χ1n) is 14.9. The van der Waals surface area contributed by atoms with Crippen molar-refractivity contribution in [3.05, 3.63) is 23.2 Å². The van der Waals surface area contributed by atoms with Crippen molar-refractivity contribution >= 4 is 17.9 Å². The number of amides is 1. The maximum atomic E-state index is 14.0. The molecule has 3 saturated heterocycles. The molecule has 3 fully saturated rings. The standard InChI is InChI=1S/C29H43F2N7O3/c1-5-21-16-41-28(35-26(21)18(2)3)36-10-7-20(8-11-36)15-40-24-12-33-27(34-19(24)4)37-13-22(32)23(14-37)38-17-29(30,31)9-6-25(38)39/h12,18,20,22-23H,5-11,13-17,32H2,1-4H3. The lowest BCUT2D eigenvalue weighted by atomic mass is 9.98. The Morgan fingerprint density at radius 1 is 1.22 bits per heavy atom. The van der Waals surface area contributed by atoms with Crippen molar-refractivity contribution in [2.75, 3.05) is 50.8 Å². The summed E-state index contributed by atoms with van der Waals surface area (Å²) in [5, 5.41) is 0. The van der Waals surface area contributed by atoms with E-state index in [1.807, 2.05) is 11.8 Å². The number of anilines is 1. The number of piperidine rings is 2. The molecule has 0 spiro atoms. The molecule has 5 heterocycles. The molecule has 1 aromatic rings. The number of allylic oxidation sites excluding steroid dienone is 1. The quantitative estimate of drug-likeness (QED) is 0.527. The number of aryl methyl sites for hydroxylation is 1. The highest BCUT2D eigenvalue weighted by Gasteiger charge is 2.46. The molecule has 0 aliphatic carbocycles. The second-order valence-electron chi connectivity index (χ2n) is 12.1. The first-order valence-corrected chi connectivity index (χ1v) is 14.9. The fraction of sp³-hybridized carbons (Fsp3) is 0.724. The number of rotatable bonds is 7. The lowest BCUT2D eigenvalue weighted by Crippen LogP contribution is -2.56. The fourth-order valence-electron chi connectivity index (χ4n) is 6.12. The van der Waals surface area contributed by atoms with Gasteiger partial charge in [-0.3, -0.25) is 4.79 Å². The number of nitrogens with two attached hydrogens (primary N) is 1. The fourth-order valence-corrected chi connectivity index (χ4v) is 6.12. The largest absolute Gasteiger partial charge is 0.490 e. The molecule has 10 nitrogen and oxygen atoms in total. The van der Waals surface area contributed by atoms with Crippen molar-refractivity contribution in [3.63, 3.8) is 0 Å². The van der Waals surface area contributed by atoms with E-state index in [0.29, 0.717) is 55.5 Å². The van der Waals surface area contributed by atoms with Crippen LogP contribution in [0, 0.1) is 18.8 Å². The molecule has 0 aromatic carbocycles. The maximum absolute atomic E-state index is 14.0. The van der Waals surface area contributed by atoms with Crippen molar-refractivity contribution in [1.29, 1.82) is 0 Å². The van der Waals surface area contributed by atoms with Gasteiger partial charge in [-0.15, -0.1) is 0 Å². The second-order valence-corrected chi connectivity index (χ2v) is 12.1. The number of nitrogens with zero attached hydrogens (tertiary/aromatic N) is 6. The van der Waals surface area contributed by atoms with Crippen LogP contribution in [0.15, 0.2) is 22.5 Å². The number of likely N-dealkylation sites (tertiary alicyclic amines) is 2. The van der Waals surface area contributed by atoms with Crippen LogP contribution in [-0.2, 0) is 9.53 Å². The van der Waals surface area contributed by atoms with Gasteiger partial charge in [0.2, 0.25) is 11.9 Å². The summed E-state index contributed by atoms with van der Waals surface area (Å²) < 4.78 is 40.1. The molecule has 0 bridgehead atoms. The molecule has 2 unspecified atom stereocenters. The molecule has 0 saturated carbocycles. The van der Waals surface area contributed by atoms with E-state index >= 15 is 0 Å². The zero-order chi connectivity index (χ0) is 29.3. The molecular weight excluding hydrogens is 532 g/mol. The highest BCUT2D eigenvalue weighted by atomic mass is 19.3. The Morgan fingerprint density at radius 2 is 1.98 bits per heavy atom. The molecule has 1 aromatic heterocycles. The summed E-state index contributed by atoms with van der Waals surface area (Å²) >= 11 is 0. The van der Waals surface area contributed by atoms with Crippen LogP contribution >= 0.6 is 0 Å². The summed E-state index contributed by atoms with van der Waals surface area (Å²) in [4.78, 5) is 31.7. The topological polar surface area (TPSA) is 109 Å². The van der Waals surface area contributed by atoms with Crippen LogP contribution in [0.25, 0.3) is 0 Å². The predicted octanol–water partition coefficient (Wildman–Crippen LogP) is 3.36. The normalized spacial score (nSPS) is 25.6. The van der Waals surface area contributed by atoms with Gasteiger partial charge < -0.3 is 29.9 Å². The average molecular weight is 576 g/mol. The lowest BCUT2D eigenvalue weighted by molar-refractivity contribution is -0.150. The van der Waals surface area contributed by atoms with E-state index in [2.05, 4.69) is 35.6 Å². The number of halogens is 2.